The zero-order chi connectivity index (χ0) is 29.6. The molecular weight excluding hydrogens is 539 g/mol. The molecule has 2 aliphatic rings. The second kappa shape index (κ2) is 11.0. The fraction of sp³-hybridized carbons (Fsp3) is 0.484. The number of piperazine rings is 1. The van der Waals surface area contributed by atoms with Crippen molar-refractivity contribution in [1.82, 2.24) is 24.4 Å². The lowest BCUT2D eigenvalue weighted by Gasteiger charge is -2.36. The van der Waals surface area contributed by atoms with Gasteiger partial charge in [-0.2, -0.15) is 0 Å². The third kappa shape index (κ3) is 5.10. The van der Waals surface area contributed by atoms with Crippen LogP contribution in [0.4, 0.5) is 15.0 Å². The molecular formula is C31H37FN6O4. The molecule has 0 saturated carbocycles. The lowest BCUT2D eigenvalue weighted by Crippen LogP contribution is -2.50. The normalized spacial score (nSPS) is 18.1. The highest BCUT2D eigenvalue weighted by Crippen LogP contribution is 2.42. The molecule has 1 unspecified atom stereocenters. The molecule has 222 valence electrons. The number of methoxy groups -OCH3 is 1. The van der Waals surface area contributed by atoms with E-state index in [4.69, 9.17) is 19.2 Å². The van der Waals surface area contributed by atoms with Crippen LogP contribution in [0.5, 0.6) is 5.75 Å². The Morgan fingerprint density at radius 1 is 1.07 bits per heavy atom. The number of amides is 1. The van der Waals surface area contributed by atoms with Crippen molar-refractivity contribution in [3.63, 3.8) is 0 Å². The minimum atomic E-state index is -0.565. The van der Waals surface area contributed by atoms with Crippen LogP contribution in [0.15, 0.2) is 30.9 Å². The van der Waals surface area contributed by atoms with E-state index >= 15 is 4.39 Å². The Morgan fingerprint density at radius 3 is 2.55 bits per heavy atom. The monoisotopic (exact) mass is 576 g/mol. The highest BCUT2D eigenvalue weighted by molar-refractivity contribution is 6.02. The summed E-state index contributed by atoms with van der Waals surface area (Å²) in [5.41, 5.74) is 3.18. The Kier molecular flexibility index (Phi) is 7.38. The number of fused-ring (bicyclic) bond motifs is 2. The molecule has 2 aromatic heterocycles. The molecule has 2 fully saturated rings. The van der Waals surface area contributed by atoms with Gasteiger partial charge in [0.15, 0.2) is 5.82 Å². The highest BCUT2D eigenvalue weighted by atomic mass is 19.1. The van der Waals surface area contributed by atoms with E-state index in [9.17, 15) is 4.79 Å². The van der Waals surface area contributed by atoms with E-state index in [2.05, 4.69) is 9.97 Å². The van der Waals surface area contributed by atoms with Crippen molar-refractivity contribution in [3.05, 3.63) is 42.2 Å². The van der Waals surface area contributed by atoms with E-state index in [1.54, 1.807) is 24.4 Å². The molecule has 2 aromatic carbocycles. The SMILES string of the molecule is COc1cc(-c2c(C)ccc3c2ncn3C2CCCCO2)c(F)c2ncnc(N3CCN(C(=O)OC(C)(C)C)CC3)c12. The number of anilines is 1. The molecule has 6 rings (SSSR count). The molecule has 0 aliphatic carbocycles. The lowest BCUT2D eigenvalue weighted by molar-refractivity contribution is -0.0295. The summed E-state index contributed by atoms with van der Waals surface area (Å²) in [6, 6.07) is 5.73. The van der Waals surface area contributed by atoms with Crippen molar-refractivity contribution < 1.29 is 23.4 Å². The van der Waals surface area contributed by atoms with Crippen LogP contribution < -0.4 is 9.64 Å². The summed E-state index contributed by atoms with van der Waals surface area (Å²) in [6.45, 7) is 10.2. The van der Waals surface area contributed by atoms with E-state index in [-0.39, 0.29) is 17.8 Å². The standard InChI is InChI=1S/C31H37FN6O4/c1-19-9-10-21-27(35-18-38(21)23-8-6-7-15-41-23)24(19)20-16-22(40-5)25-28(26(20)32)33-17-34-29(25)36-11-13-37(14-12-36)30(39)42-31(2,3)4/h9-10,16-18,23H,6-8,11-15H2,1-5H3. The van der Waals surface area contributed by atoms with Gasteiger partial charge in [-0.05, 0) is 64.7 Å². The van der Waals surface area contributed by atoms with Crippen molar-refractivity contribution in [1.29, 1.82) is 0 Å². The number of halogens is 1. The van der Waals surface area contributed by atoms with Gasteiger partial charge in [-0.15, -0.1) is 0 Å². The van der Waals surface area contributed by atoms with Gasteiger partial charge in [0.2, 0.25) is 0 Å². The number of rotatable bonds is 4. The Hall–Kier alpha value is -3.99. The number of nitrogens with zero attached hydrogens (tertiary/aromatic N) is 6. The third-order valence-corrected chi connectivity index (χ3v) is 7.93. The first-order valence-corrected chi connectivity index (χ1v) is 14.5. The molecule has 0 radical (unpaired) electrons. The Balaban J connectivity index is 1.38. The fourth-order valence-corrected chi connectivity index (χ4v) is 5.89. The van der Waals surface area contributed by atoms with E-state index in [1.807, 2.05) is 49.3 Å². The van der Waals surface area contributed by atoms with Crippen molar-refractivity contribution >= 4 is 33.8 Å². The zero-order valence-corrected chi connectivity index (χ0v) is 24.8. The van der Waals surface area contributed by atoms with Gasteiger partial charge in [-0.3, -0.25) is 0 Å². The number of carbonyl (C=O) groups excluding carboxylic acids is 1. The molecule has 2 aliphatic heterocycles. The van der Waals surface area contributed by atoms with Gasteiger partial charge in [-0.1, -0.05) is 6.07 Å². The van der Waals surface area contributed by atoms with Gasteiger partial charge in [0.25, 0.3) is 0 Å². The van der Waals surface area contributed by atoms with Crippen LogP contribution in [-0.4, -0.2) is 76.0 Å². The number of ether oxygens (including phenoxy) is 3. The maximum atomic E-state index is 16.5. The molecule has 1 amide bonds. The predicted molar refractivity (Wildman–Crippen MR) is 158 cm³/mol. The molecule has 4 heterocycles. The average Bonchev–Trinajstić information content (AvgIpc) is 3.41. The fourth-order valence-electron chi connectivity index (χ4n) is 5.89. The number of imidazole rings is 1. The molecule has 11 heteroatoms. The van der Waals surface area contributed by atoms with Crippen LogP contribution in [0.25, 0.3) is 33.1 Å². The van der Waals surface area contributed by atoms with Crippen molar-refractivity contribution in [2.75, 3.05) is 44.8 Å². The van der Waals surface area contributed by atoms with E-state index in [1.165, 1.54) is 6.33 Å². The number of aromatic nitrogens is 4. The number of aryl methyl sites for hydroxylation is 1. The summed E-state index contributed by atoms with van der Waals surface area (Å²) < 4.78 is 36.0. The van der Waals surface area contributed by atoms with Gasteiger partial charge in [0.05, 0.1) is 29.9 Å². The van der Waals surface area contributed by atoms with Gasteiger partial charge in [0.1, 0.15) is 35.2 Å². The van der Waals surface area contributed by atoms with Crippen molar-refractivity contribution in [3.8, 4) is 16.9 Å². The van der Waals surface area contributed by atoms with E-state index in [0.717, 1.165) is 36.9 Å². The number of carbonyl (C=O) groups is 1. The van der Waals surface area contributed by atoms with Gasteiger partial charge in [-0.25, -0.2) is 24.1 Å². The van der Waals surface area contributed by atoms with Crippen molar-refractivity contribution in [2.24, 2.45) is 0 Å². The molecule has 4 aromatic rings. The van der Waals surface area contributed by atoms with E-state index in [0.29, 0.717) is 59.8 Å². The summed E-state index contributed by atoms with van der Waals surface area (Å²) in [6.07, 6.45) is 5.81. The largest absolute Gasteiger partial charge is 0.496 e. The summed E-state index contributed by atoms with van der Waals surface area (Å²) in [5, 5.41) is 0.498. The Morgan fingerprint density at radius 2 is 1.86 bits per heavy atom. The van der Waals surface area contributed by atoms with Crippen LogP contribution in [0.2, 0.25) is 0 Å². The third-order valence-electron chi connectivity index (χ3n) is 7.93. The van der Waals surface area contributed by atoms with Gasteiger partial charge in [0, 0.05) is 43.9 Å². The Bertz CT molecular complexity index is 1630. The second-order valence-electron chi connectivity index (χ2n) is 11.9. The zero-order valence-electron chi connectivity index (χ0n) is 24.8. The summed E-state index contributed by atoms with van der Waals surface area (Å²) in [5.74, 6) is 0.582. The summed E-state index contributed by atoms with van der Waals surface area (Å²) in [4.78, 5) is 29.9. The van der Waals surface area contributed by atoms with Crippen LogP contribution in [0.1, 0.15) is 51.8 Å². The maximum absolute atomic E-state index is 16.5. The Labute approximate surface area is 244 Å². The summed E-state index contributed by atoms with van der Waals surface area (Å²) in [7, 11) is 1.57. The predicted octanol–water partition coefficient (Wildman–Crippen LogP) is 5.86. The highest BCUT2D eigenvalue weighted by Gasteiger charge is 2.29. The second-order valence-corrected chi connectivity index (χ2v) is 11.9. The molecule has 0 spiro atoms. The topological polar surface area (TPSA) is 94.8 Å². The minimum Gasteiger partial charge on any atom is -0.496 e. The van der Waals surface area contributed by atoms with Crippen molar-refractivity contribution in [2.45, 2.75) is 58.8 Å². The number of benzene rings is 2. The maximum Gasteiger partial charge on any atom is 0.410 e. The molecule has 10 nitrogen and oxygen atoms in total. The number of hydrogen-bond donors (Lipinski definition) is 0. The van der Waals surface area contributed by atoms with Gasteiger partial charge < -0.3 is 28.6 Å². The van der Waals surface area contributed by atoms with Crippen LogP contribution in [0.3, 0.4) is 0 Å². The van der Waals surface area contributed by atoms with Crippen LogP contribution >= 0.6 is 0 Å². The van der Waals surface area contributed by atoms with Gasteiger partial charge >= 0.3 is 6.09 Å². The molecule has 0 bridgehead atoms. The van der Waals surface area contributed by atoms with Crippen LogP contribution in [-0.2, 0) is 9.47 Å². The van der Waals surface area contributed by atoms with E-state index < -0.39 is 11.4 Å². The smallest absolute Gasteiger partial charge is 0.410 e. The minimum absolute atomic E-state index is 0.0821. The lowest BCUT2D eigenvalue weighted by atomic mass is 9.96. The molecule has 42 heavy (non-hydrogen) atoms. The first-order valence-electron chi connectivity index (χ1n) is 14.5. The quantitative estimate of drug-likeness (QED) is 0.298. The summed E-state index contributed by atoms with van der Waals surface area (Å²) >= 11 is 0. The number of hydrogen-bond acceptors (Lipinski definition) is 8. The molecule has 0 N–H and O–H groups in total. The van der Waals surface area contributed by atoms with Crippen LogP contribution in [0, 0.1) is 12.7 Å². The first kappa shape index (κ1) is 28.1. The molecule has 1 atom stereocenters. The first-order chi connectivity index (χ1) is 20.2. The average molecular weight is 577 g/mol. The molecule has 2 saturated heterocycles.